The first-order valence-electron chi connectivity index (χ1n) is 2.14. The van der Waals surface area contributed by atoms with Gasteiger partial charge in [-0.25, -0.2) is 5.10 Å². The van der Waals surface area contributed by atoms with E-state index in [0.29, 0.717) is 4.90 Å². The normalized spacial score (nSPS) is 9.56. The van der Waals surface area contributed by atoms with Crippen LogP contribution in [0.5, 0.6) is 0 Å². The minimum Gasteiger partial charge on any atom is -0.266 e. The first-order valence-corrected chi connectivity index (χ1v) is 2.96. The van der Waals surface area contributed by atoms with Gasteiger partial charge in [-0.3, -0.25) is 4.79 Å². The Labute approximate surface area is 61.5 Å². The molecule has 48 valence electrons. The SMILES string of the molecule is O=c1[nH]ncc(S)c1Cl. The van der Waals surface area contributed by atoms with Crippen molar-refractivity contribution in [1.29, 1.82) is 0 Å². The Balaban J connectivity index is 3.43. The average molecular weight is 163 g/mol. The van der Waals surface area contributed by atoms with Gasteiger partial charge in [-0.1, -0.05) is 11.6 Å². The van der Waals surface area contributed by atoms with E-state index < -0.39 is 5.56 Å². The lowest BCUT2D eigenvalue weighted by Crippen LogP contribution is -2.07. The highest BCUT2D eigenvalue weighted by atomic mass is 35.5. The molecule has 1 rings (SSSR count). The molecule has 1 N–H and O–H groups in total. The molecule has 0 aliphatic heterocycles. The Hall–Kier alpha value is -0.480. The van der Waals surface area contributed by atoms with E-state index in [9.17, 15) is 4.79 Å². The maximum atomic E-state index is 10.5. The van der Waals surface area contributed by atoms with Gasteiger partial charge in [-0.15, -0.1) is 12.6 Å². The van der Waals surface area contributed by atoms with Gasteiger partial charge in [-0.2, -0.15) is 5.10 Å². The molecule has 0 spiro atoms. The minimum atomic E-state index is -0.413. The van der Waals surface area contributed by atoms with E-state index in [0.717, 1.165) is 0 Å². The predicted molar refractivity (Wildman–Crippen MR) is 37.1 cm³/mol. The van der Waals surface area contributed by atoms with Crippen molar-refractivity contribution in [1.82, 2.24) is 10.2 Å². The quantitative estimate of drug-likeness (QED) is 0.552. The van der Waals surface area contributed by atoms with Crippen molar-refractivity contribution in [2.45, 2.75) is 4.90 Å². The highest BCUT2D eigenvalue weighted by Crippen LogP contribution is 2.10. The summed E-state index contributed by atoms with van der Waals surface area (Å²) in [5.74, 6) is 0. The van der Waals surface area contributed by atoms with Crippen LogP contribution in [-0.2, 0) is 0 Å². The van der Waals surface area contributed by atoms with E-state index in [1.54, 1.807) is 0 Å². The van der Waals surface area contributed by atoms with Crippen molar-refractivity contribution in [3.05, 3.63) is 21.6 Å². The molecule has 0 amide bonds. The number of thiol groups is 1. The Morgan fingerprint density at radius 1 is 1.78 bits per heavy atom. The zero-order chi connectivity index (χ0) is 6.85. The van der Waals surface area contributed by atoms with Crippen LogP contribution in [0.3, 0.4) is 0 Å². The van der Waals surface area contributed by atoms with Gasteiger partial charge in [0.15, 0.2) is 0 Å². The zero-order valence-corrected chi connectivity index (χ0v) is 5.91. The van der Waals surface area contributed by atoms with Gasteiger partial charge in [0.05, 0.1) is 6.20 Å². The summed E-state index contributed by atoms with van der Waals surface area (Å²) < 4.78 is 0. The van der Waals surface area contributed by atoms with Crippen molar-refractivity contribution in [3.63, 3.8) is 0 Å². The summed E-state index contributed by atoms with van der Waals surface area (Å²) >= 11 is 9.27. The van der Waals surface area contributed by atoms with Crippen molar-refractivity contribution >= 4 is 24.2 Å². The van der Waals surface area contributed by atoms with E-state index in [2.05, 4.69) is 22.8 Å². The molecule has 0 aliphatic carbocycles. The van der Waals surface area contributed by atoms with Gasteiger partial charge in [0.1, 0.15) is 5.02 Å². The van der Waals surface area contributed by atoms with Crippen molar-refractivity contribution < 1.29 is 0 Å². The second-order valence-corrected chi connectivity index (χ2v) is 2.26. The van der Waals surface area contributed by atoms with Gasteiger partial charge < -0.3 is 0 Å². The van der Waals surface area contributed by atoms with Crippen LogP contribution in [0, 0.1) is 0 Å². The van der Waals surface area contributed by atoms with Crippen LogP contribution in [0.25, 0.3) is 0 Å². The average Bonchev–Trinajstić information content (AvgIpc) is 1.83. The summed E-state index contributed by atoms with van der Waals surface area (Å²) in [5.41, 5.74) is -0.413. The third-order valence-electron chi connectivity index (χ3n) is 0.777. The molecule has 0 aromatic carbocycles. The summed E-state index contributed by atoms with van der Waals surface area (Å²) in [4.78, 5) is 10.9. The number of nitrogens with zero attached hydrogens (tertiary/aromatic N) is 1. The topological polar surface area (TPSA) is 45.8 Å². The Bertz CT molecular complexity index is 272. The lowest BCUT2D eigenvalue weighted by molar-refractivity contribution is 0.958. The monoisotopic (exact) mass is 162 g/mol. The molecule has 1 heterocycles. The van der Waals surface area contributed by atoms with Gasteiger partial charge in [0, 0.05) is 4.90 Å². The number of rotatable bonds is 0. The molecular formula is C4H3ClN2OS. The lowest BCUT2D eigenvalue weighted by Gasteiger charge is -1.88. The fourth-order valence-electron chi connectivity index (χ4n) is 0.374. The highest BCUT2D eigenvalue weighted by Gasteiger charge is 1.97. The van der Waals surface area contributed by atoms with Crippen LogP contribution < -0.4 is 5.56 Å². The maximum Gasteiger partial charge on any atom is 0.284 e. The highest BCUT2D eigenvalue weighted by molar-refractivity contribution is 7.80. The molecule has 0 unspecified atom stereocenters. The zero-order valence-electron chi connectivity index (χ0n) is 4.26. The standard InChI is InChI=1S/C4H3ClN2OS/c5-3-2(9)1-6-7-4(3)8/h1H,(H2,7,8,9). The second kappa shape index (κ2) is 2.41. The molecular weight excluding hydrogens is 160 g/mol. The van der Waals surface area contributed by atoms with E-state index in [4.69, 9.17) is 11.6 Å². The van der Waals surface area contributed by atoms with Gasteiger partial charge in [-0.05, 0) is 0 Å². The summed E-state index contributed by atoms with van der Waals surface area (Å²) in [6.45, 7) is 0. The molecule has 9 heavy (non-hydrogen) atoms. The number of nitrogens with one attached hydrogen (secondary N) is 1. The minimum absolute atomic E-state index is 0.0772. The third kappa shape index (κ3) is 1.25. The number of aromatic nitrogens is 2. The summed E-state index contributed by atoms with van der Waals surface area (Å²) in [6.07, 6.45) is 1.37. The molecule has 0 saturated carbocycles. The van der Waals surface area contributed by atoms with Crippen LogP contribution in [-0.4, -0.2) is 10.2 Å². The molecule has 3 nitrogen and oxygen atoms in total. The van der Waals surface area contributed by atoms with E-state index in [-0.39, 0.29) is 5.02 Å². The Morgan fingerprint density at radius 2 is 2.44 bits per heavy atom. The van der Waals surface area contributed by atoms with Crippen LogP contribution >= 0.6 is 24.2 Å². The van der Waals surface area contributed by atoms with Crippen molar-refractivity contribution in [3.8, 4) is 0 Å². The Kier molecular flexibility index (Phi) is 1.78. The first kappa shape index (κ1) is 6.64. The number of H-pyrrole nitrogens is 1. The third-order valence-corrected chi connectivity index (χ3v) is 1.62. The van der Waals surface area contributed by atoms with Crippen LogP contribution in [0.1, 0.15) is 0 Å². The number of halogens is 1. The molecule has 0 fully saturated rings. The summed E-state index contributed by atoms with van der Waals surface area (Å²) in [7, 11) is 0. The van der Waals surface area contributed by atoms with Crippen LogP contribution in [0.4, 0.5) is 0 Å². The molecule has 0 radical (unpaired) electrons. The fourth-order valence-corrected chi connectivity index (χ4v) is 0.624. The van der Waals surface area contributed by atoms with Gasteiger partial charge >= 0.3 is 0 Å². The van der Waals surface area contributed by atoms with E-state index in [1.165, 1.54) is 6.20 Å². The molecule has 0 atom stereocenters. The van der Waals surface area contributed by atoms with Gasteiger partial charge in [0.2, 0.25) is 0 Å². The largest absolute Gasteiger partial charge is 0.284 e. The van der Waals surface area contributed by atoms with Crippen molar-refractivity contribution in [2.24, 2.45) is 0 Å². The second-order valence-electron chi connectivity index (χ2n) is 1.40. The van der Waals surface area contributed by atoms with Crippen molar-refractivity contribution in [2.75, 3.05) is 0 Å². The molecule has 5 heteroatoms. The molecule has 1 aromatic rings. The number of hydrogen-bond acceptors (Lipinski definition) is 3. The summed E-state index contributed by atoms with van der Waals surface area (Å²) in [6, 6.07) is 0. The van der Waals surface area contributed by atoms with E-state index in [1.807, 2.05) is 0 Å². The van der Waals surface area contributed by atoms with E-state index >= 15 is 0 Å². The van der Waals surface area contributed by atoms with Gasteiger partial charge in [0.25, 0.3) is 5.56 Å². The smallest absolute Gasteiger partial charge is 0.266 e. The fraction of sp³-hybridized carbons (Fsp3) is 0. The number of hydrogen-bond donors (Lipinski definition) is 2. The van der Waals surface area contributed by atoms with Crippen LogP contribution in [0.15, 0.2) is 15.9 Å². The predicted octanol–water partition coefficient (Wildman–Crippen LogP) is 0.712. The molecule has 0 aliphatic rings. The molecule has 0 bridgehead atoms. The summed E-state index contributed by atoms with van der Waals surface area (Å²) in [5, 5.41) is 5.68. The first-order chi connectivity index (χ1) is 4.22. The van der Waals surface area contributed by atoms with Crippen LogP contribution in [0.2, 0.25) is 5.02 Å². The Morgan fingerprint density at radius 3 is 2.89 bits per heavy atom. The maximum absolute atomic E-state index is 10.5. The molecule has 0 saturated heterocycles. The molecule has 1 aromatic heterocycles. The number of aromatic amines is 1. The lowest BCUT2D eigenvalue weighted by atomic mass is 10.6.